The SMILES string of the molecule is CCNc1ccccc1C(=O)NC(C)C1CCCC1. The highest BCUT2D eigenvalue weighted by molar-refractivity contribution is 5.99. The molecule has 1 atom stereocenters. The maximum atomic E-state index is 12.4. The molecule has 0 radical (unpaired) electrons. The smallest absolute Gasteiger partial charge is 0.253 e. The van der Waals surface area contributed by atoms with E-state index in [1.54, 1.807) is 0 Å². The minimum atomic E-state index is 0.0379. The van der Waals surface area contributed by atoms with Crippen LogP contribution in [-0.4, -0.2) is 18.5 Å². The van der Waals surface area contributed by atoms with Crippen molar-refractivity contribution in [2.75, 3.05) is 11.9 Å². The molecule has 2 N–H and O–H groups in total. The first-order valence-electron chi connectivity index (χ1n) is 7.36. The molecule has 0 spiro atoms. The normalized spacial score (nSPS) is 17.2. The van der Waals surface area contributed by atoms with Crippen LogP contribution in [0, 0.1) is 5.92 Å². The third-order valence-electron chi connectivity index (χ3n) is 4.00. The molecule has 1 saturated carbocycles. The van der Waals surface area contributed by atoms with Gasteiger partial charge in [0.25, 0.3) is 5.91 Å². The second-order valence-corrected chi connectivity index (χ2v) is 5.38. The molecule has 1 aromatic rings. The fourth-order valence-electron chi connectivity index (χ4n) is 2.89. The summed E-state index contributed by atoms with van der Waals surface area (Å²) in [6.45, 7) is 4.99. The van der Waals surface area contributed by atoms with Gasteiger partial charge in [0.2, 0.25) is 0 Å². The third kappa shape index (κ3) is 3.49. The molecule has 19 heavy (non-hydrogen) atoms. The Labute approximate surface area is 115 Å². The van der Waals surface area contributed by atoms with E-state index in [2.05, 4.69) is 17.6 Å². The van der Waals surface area contributed by atoms with Crippen molar-refractivity contribution in [3.63, 3.8) is 0 Å². The predicted molar refractivity (Wildman–Crippen MR) is 79.5 cm³/mol. The van der Waals surface area contributed by atoms with E-state index in [1.807, 2.05) is 31.2 Å². The zero-order valence-electron chi connectivity index (χ0n) is 11.9. The van der Waals surface area contributed by atoms with E-state index in [0.29, 0.717) is 5.92 Å². The molecular formula is C16H24N2O. The molecule has 1 aliphatic carbocycles. The number of carbonyl (C=O) groups is 1. The lowest BCUT2D eigenvalue weighted by Crippen LogP contribution is -2.37. The highest BCUT2D eigenvalue weighted by Gasteiger charge is 2.23. The minimum Gasteiger partial charge on any atom is -0.385 e. The van der Waals surface area contributed by atoms with Gasteiger partial charge >= 0.3 is 0 Å². The van der Waals surface area contributed by atoms with Crippen LogP contribution >= 0.6 is 0 Å². The number of hydrogen-bond donors (Lipinski definition) is 2. The van der Waals surface area contributed by atoms with E-state index < -0.39 is 0 Å². The Morgan fingerprint density at radius 2 is 2.00 bits per heavy atom. The van der Waals surface area contributed by atoms with Crippen molar-refractivity contribution in [1.29, 1.82) is 0 Å². The van der Waals surface area contributed by atoms with Gasteiger partial charge in [-0.15, -0.1) is 0 Å². The van der Waals surface area contributed by atoms with Gasteiger partial charge in [0.15, 0.2) is 0 Å². The molecule has 1 fully saturated rings. The van der Waals surface area contributed by atoms with Crippen molar-refractivity contribution < 1.29 is 4.79 Å². The Balaban J connectivity index is 2.02. The standard InChI is InChI=1S/C16H24N2O/c1-3-17-15-11-7-6-10-14(15)16(19)18-12(2)13-8-4-5-9-13/h6-7,10-13,17H,3-5,8-9H2,1-2H3,(H,18,19). The molecule has 0 aromatic heterocycles. The molecule has 3 heteroatoms. The summed E-state index contributed by atoms with van der Waals surface area (Å²) in [5.41, 5.74) is 1.66. The number of benzene rings is 1. The molecule has 0 bridgehead atoms. The lowest BCUT2D eigenvalue weighted by molar-refractivity contribution is 0.0928. The first kappa shape index (κ1) is 13.9. The summed E-state index contributed by atoms with van der Waals surface area (Å²) in [5, 5.41) is 6.40. The Hall–Kier alpha value is -1.51. The fraction of sp³-hybridized carbons (Fsp3) is 0.562. The summed E-state index contributed by atoms with van der Waals surface area (Å²) in [6.07, 6.45) is 5.10. The second-order valence-electron chi connectivity index (χ2n) is 5.38. The lowest BCUT2D eigenvalue weighted by Gasteiger charge is -2.21. The Kier molecular flexibility index (Phi) is 4.83. The Bertz CT molecular complexity index is 425. The van der Waals surface area contributed by atoms with E-state index in [0.717, 1.165) is 17.8 Å². The number of amides is 1. The Morgan fingerprint density at radius 1 is 1.32 bits per heavy atom. The predicted octanol–water partition coefficient (Wildman–Crippen LogP) is 3.43. The van der Waals surface area contributed by atoms with E-state index in [4.69, 9.17) is 0 Å². The molecule has 0 aliphatic heterocycles. The van der Waals surface area contributed by atoms with Gasteiger partial charge in [-0.3, -0.25) is 4.79 Å². The fourth-order valence-corrected chi connectivity index (χ4v) is 2.89. The number of para-hydroxylation sites is 1. The van der Waals surface area contributed by atoms with Crippen LogP contribution in [0.15, 0.2) is 24.3 Å². The maximum absolute atomic E-state index is 12.4. The van der Waals surface area contributed by atoms with Gasteiger partial charge in [-0.05, 0) is 44.7 Å². The molecule has 104 valence electrons. The summed E-state index contributed by atoms with van der Waals surface area (Å²) in [6, 6.07) is 7.98. The first-order chi connectivity index (χ1) is 9.22. The van der Waals surface area contributed by atoms with E-state index >= 15 is 0 Å². The minimum absolute atomic E-state index is 0.0379. The van der Waals surface area contributed by atoms with Crippen molar-refractivity contribution >= 4 is 11.6 Å². The van der Waals surface area contributed by atoms with Crippen LogP contribution in [0.2, 0.25) is 0 Å². The van der Waals surface area contributed by atoms with Gasteiger partial charge in [0.05, 0.1) is 5.56 Å². The first-order valence-corrected chi connectivity index (χ1v) is 7.36. The summed E-state index contributed by atoms with van der Waals surface area (Å²) >= 11 is 0. The third-order valence-corrected chi connectivity index (χ3v) is 4.00. The van der Waals surface area contributed by atoms with E-state index in [-0.39, 0.29) is 11.9 Å². The average Bonchev–Trinajstić information content (AvgIpc) is 2.93. The number of hydrogen-bond acceptors (Lipinski definition) is 2. The van der Waals surface area contributed by atoms with Crippen LogP contribution in [-0.2, 0) is 0 Å². The van der Waals surface area contributed by atoms with Crippen LogP contribution in [0.1, 0.15) is 49.9 Å². The molecule has 1 aliphatic rings. The topological polar surface area (TPSA) is 41.1 Å². The highest BCUT2D eigenvalue weighted by atomic mass is 16.1. The van der Waals surface area contributed by atoms with Crippen molar-refractivity contribution in [3.05, 3.63) is 29.8 Å². The molecule has 1 aromatic carbocycles. The van der Waals surface area contributed by atoms with Gasteiger partial charge in [0, 0.05) is 18.3 Å². The largest absolute Gasteiger partial charge is 0.385 e. The van der Waals surface area contributed by atoms with Crippen molar-refractivity contribution in [2.24, 2.45) is 5.92 Å². The molecule has 0 heterocycles. The molecule has 3 nitrogen and oxygen atoms in total. The van der Waals surface area contributed by atoms with Crippen LogP contribution in [0.4, 0.5) is 5.69 Å². The quantitative estimate of drug-likeness (QED) is 0.851. The Morgan fingerprint density at radius 3 is 2.68 bits per heavy atom. The molecule has 0 saturated heterocycles. The number of rotatable bonds is 5. The summed E-state index contributed by atoms with van der Waals surface area (Å²) in [5.74, 6) is 0.686. The average molecular weight is 260 g/mol. The monoisotopic (exact) mass is 260 g/mol. The lowest BCUT2D eigenvalue weighted by atomic mass is 9.99. The summed E-state index contributed by atoms with van der Waals surface area (Å²) in [4.78, 5) is 12.4. The van der Waals surface area contributed by atoms with Crippen LogP contribution < -0.4 is 10.6 Å². The van der Waals surface area contributed by atoms with E-state index in [9.17, 15) is 4.79 Å². The zero-order valence-corrected chi connectivity index (χ0v) is 11.9. The maximum Gasteiger partial charge on any atom is 0.253 e. The number of nitrogens with one attached hydrogen (secondary N) is 2. The highest BCUT2D eigenvalue weighted by Crippen LogP contribution is 2.27. The molecule has 1 amide bonds. The number of carbonyl (C=O) groups excluding carboxylic acids is 1. The van der Waals surface area contributed by atoms with Crippen molar-refractivity contribution in [2.45, 2.75) is 45.6 Å². The van der Waals surface area contributed by atoms with Gasteiger partial charge in [-0.1, -0.05) is 25.0 Å². The second kappa shape index (κ2) is 6.60. The van der Waals surface area contributed by atoms with Gasteiger partial charge in [-0.25, -0.2) is 0 Å². The molecule has 2 rings (SSSR count). The zero-order chi connectivity index (χ0) is 13.7. The van der Waals surface area contributed by atoms with E-state index in [1.165, 1.54) is 25.7 Å². The van der Waals surface area contributed by atoms with Gasteiger partial charge in [-0.2, -0.15) is 0 Å². The van der Waals surface area contributed by atoms with Crippen molar-refractivity contribution in [3.8, 4) is 0 Å². The van der Waals surface area contributed by atoms with Gasteiger partial charge < -0.3 is 10.6 Å². The number of anilines is 1. The van der Waals surface area contributed by atoms with Crippen LogP contribution in [0.3, 0.4) is 0 Å². The van der Waals surface area contributed by atoms with Gasteiger partial charge in [0.1, 0.15) is 0 Å². The molecular weight excluding hydrogens is 236 g/mol. The van der Waals surface area contributed by atoms with Crippen molar-refractivity contribution in [1.82, 2.24) is 5.32 Å². The van der Waals surface area contributed by atoms with Crippen LogP contribution in [0.5, 0.6) is 0 Å². The van der Waals surface area contributed by atoms with Crippen LogP contribution in [0.25, 0.3) is 0 Å². The summed E-state index contributed by atoms with van der Waals surface area (Å²) in [7, 11) is 0. The summed E-state index contributed by atoms with van der Waals surface area (Å²) < 4.78 is 0. The molecule has 1 unspecified atom stereocenters.